The molecule has 0 saturated carbocycles. The highest BCUT2D eigenvalue weighted by atomic mass is 16.2. The molecule has 1 N–H and O–H groups in total. The van der Waals surface area contributed by atoms with Gasteiger partial charge in [0.1, 0.15) is 17.8 Å². The largest absolute Gasteiger partial charge is 0.370 e. The number of nitrogens with zero attached hydrogens (tertiary/aromatic N) is 3. The highest BCUT2D eigenvalue weighted by Crippen LogP contribution is 2.18. The summed E-state index contributed by atoms with van der Waals surface area (Å²) in [5.74, 6) is 1.20. The molecule has 0 saturated heterocycles. The minimum atomic E-state index is -0.114. The van der Waals surface area contributed by atoms with Gasteiger partial charge in [0.25, 0.3) is 5.91 Å². The normalized spacial score (nSPS) is 10.7. The number of carbonyl (C=O) groups excluding carboxylic acids is 1. The standard InChI is InChI=1S/C19H26N4O/c1-5-23(16-8-6-7-15(4)11-16)19(24)17-12-18(22-13-21-17)20-10-9-14(2)3/h6-8,11-14H,5,9-10H2,1-4H3,(H,20,21,22). The average molecular weight is 326 g/mol. The summed E-state index contributed by atoms with van der Waals surface area (Å²) in [6, 6.07) is 9.64. The Labute approximate surface area is 144 Å². The van der Waals surface area contributed by atoms with Crippen LogP contribution in [-0.2, 0) is 0 Å². The lowest BCUT2D eigenvalue weighted by Gasteiger charge is -2.21. The van der Waals surface area contributed by atoms with Gasteiger partial charge >= 0.3 is 0 Å². The van der Waals surface area contributed by atoms with Gasteiger partial charge in [0, 0.05) is 24.8 Å². The maximum absolute atomic E-state index is 12.8. The number of rotatable bonds is 7. The number of hydrogen-bond donors (Lipinski definition) is 1. The molecule has 1 heterocycles. The molecule has 24 heavy (non-hydrogen) atoms. The summed E-state index contributed by atoms with van der Waals surface area (Å²) in [5, 5.41) is 3.26. The first-order valence-electron chi connectivity index (χ1n) is 8.45. The molecule has 0 bridgehead atoms. The van der Waals surface area contributed by atoms with Gasteiger partial charge in [-0.15, -0.1) is 0 Å². The third-order valence-corrected chi connectivity index (χ3v) is 3.79. The maximum Gasteiger partial charge on any atom is 0.277 e. The summed E-state index contributed by atoms with van der Waals surface area (Å²) in [5.41, 5.74) is 2.41. The van der Waals surface area contributed by atoms with E-state index in [1.165, 1.54) is 6.33 Å². The summed E-state index contributed by atoms with van der Waals surface area (Å²) in [7, 11) is 0. The lowest BCUT2D eigenvalue weighted by molar-refractivity contribution is 0.0983. The molecule has 1 aromatic carbocycles. The molecule has 1 amide bonds. The average Bonchev–Trinajstić information content (AvgIpc) is 2.55. The van der Waals surface area contributed by atoms with E-state index in [4.69, 9.17) is 0 Å². The van der Waals surface area contributed by atoms with E-state index in [1.54, 1.807) is 11.0 Å². The summed E-state index contributed by atoms with van der Waals surface area (Å²) < 4.78 is 0. The highest BCUT2D eigenvalue weighted by molar-refractivity contribution is 6.05. The zero-order valence-corrected chi connectivity index (χ0v) is 14.9. The van der Waals surface area contributed by atoms with Crippen molar-refractivity contribution in [2.24, 2.45) is 5.92 Å². The quantitative estimate of drug-likeness (QED) is 0.838. The van der Waals surface area contributed by atoms with Crippen LogP contribution in [0.5, 0.6) is 0 Å². The first-order valence-corrected chi connectivity index (χ1v) is 8.45. The monoisotopic (exact) mass is 326 g/mol. The SMILES string of the molecule is CCN(C(=O)c1cc(NCCC(C)C)ncn1)c1cccc(C)c1. The Morgan fingerprint density at radius 3 is 2.71 bits per heavy atom. The molecule has 2 rings (SSSR count). The summed E-state index contributed by atoms with van der Waals surface area (Å²) in [4.78, 5) is 22.9. The Kier molecular flexibility index (Phi) is 6.29. The van der Waals surface area contributed by atoms with Gasteiger partial charge in [0.15, 0.2) is 0 Å². The molecule has 0 spiro atoms. The second-order valence-corrected chi connectivity index (χ2v) is 6.29. The Morgan fingerprint density at radius 2 is 2.04 bits per heavy atom. The highest BCUT2D eigenvalue weighted by Gasteiger charge is 2.18. The lowest BCUT2D eigenvalue weighted by atomic mass is 10.1. The van der Waals surface area contributed by atoms with Crippen molar-refractivity contribution in [3.05, 3.63) is 47.9 Å². The van der Waals surface area contributed by atoms with Crippen LogP contribution < -0.4 is 10.2 Å². The van der Waals surface area contributed by atoms with E-state index in [0.29, 0.717) is 24.0 Å². The molecule has 1 aromatic heterocycles. The fourth-order valence-electron chi connectivity index (χ4n) is 2.44. The first kappa shape index (κ1) is 17.9. The summed E-state index contributed by atoms with van der Waals surface area (Å²) >= 11 is 0. The number of hydrogen-bond acceptors (Lipinski definition) is 4. The Bertz CT molecular complexity index is 685. The van der Waals surface area contributed by atoms with Gasteiger partial charge < -0.3 is 10.2 Å². The molecule has 0 aliphatic carbocycles. The predicted molar refractivity (Wildman–Crippen MR) is 98.5 cm³/mol. The summed E-state index contributed by atoms with van der Waals surface area (Å²) in [6.45, 7) is 9.75. The van der Waals surface area contributed by atoms with Gasteiger partial charge in [0.05, 0.1) is 0 Å². The second-order valence-electron chi connectivity index (χ2n) is 6.29. The van der Waals surface area contributed by atoms with Crippen molar-refractivity contribution in [2.45, 2.75) is 34.1 Å². The van der Waals surface area contributed by atoms with E-state index in [2.05, 4.69) is 29.1 Å². The summed E-state index contributed by atoms with van der Waals surface area (Å²) in [6.07, 6.45) is 2.49. The number of benzene rings is 1. The zero-order valence-electron chi connectivity index (χ0n) is 14.9. The molecular weight excluding hydrogens is 300 g/mol. The van der Waals surface area contributed by atoms with E-state index in [1.807, 2.05) is 38.1 Å². The fraction of sp³-hybridized carbons (Fsp3) is 0.421. The van der Waals surface area contributed by atoms with Gasteiger partial charge in [-0.05, 0) is 43.9 Å². The van der Waals surface area contributed by atoms with Crippen molar-refractivity contribution in [1.82, 2.24) is 9.97 Å². The van der Waals surface area contributed by atoms with Crippen LogP contribution in [0.1, 0.15) is 43.2 Å². The van der Waals surface area contributed by atoms with Crippen LogP contribution in [0.4, 0.5) is 11.5 Å². The van der Waals surface area contributed by atoms with E-state index < -0.39 is 0 Å². The number of nitrogens with one attached hydrogen (secondary N) is 1. The van der Waals surface area contributed by atoms with Gasteiger partial charge in [-0.2, -0.15) is 0 Å². The molecule has 0 fully saturated rings. The molecule has 0 atom stereocenters. The second kappa shape index (κ2) is 8.43. The zero-order chi connectivity index (χ0) is 17.5. The first-order chi connectivity index (χ1) is 11.5. The minimum Gasteiger partial charge on any atom is -0.370 e. The number of carbonyl (C=O) groups is 1. The predicted octanol–water partition coefficient (Wildman–Crippen LogP) is 3.91. The van der Waals surface area contributed by atoms with Gasteiger partial charge in [-0.1, -0.05) is 26.0 Å². The molecule has 2 aromatic rings. The van der Waals surface area contributed by atoms with Crippen molar-refractivity contribution < 1.29 is 4.79 Å². The maximum atomic E-state index is 12.8. The number of anilines is 2. The molecule has 0 radical (unpaired) electrons. The van der Waals surface area contributed by atoms with Crippen LogP contribution >= 0.6 is 0 Å². The van der Waals surface area contributed by atoms with E-state index in [-0.39, 0.29) is 5.91 Å². The third-order valence-electron chi connectivity index (χ3n) is 3.79. The van der Waals surface area contributed by atoms with Crippen LogP contribution in [-0.4, -0.2) is 29.0 Å². The van der Waals surface area contributed by atoms with Crippen LogP contribution in [0.3, 0.4) is 0 Å². The molecular formula is C19H26N4O. The topological polar surface area (TPSA) is 58.1 Å². The van der Waals surface area contributed by atoms with Crippen LogP contribution in [0.15, 0.2) is 36.7 Å². The minimum absolute atomic E-state index is 0.114. The Hall–Kier alpha value is -2.43. The lowest BCUT2D eigenvalue weighted by Crippen LogP contribution is -2.31. The molecule has 0 unspecified atom stereocenters. The molecule has 0 aliphatic heterocycles. The van der Waals surface area contributed by atoms with Crippen molar-refractivity contribution in [1.29, 1.82) is 0 Å². The van der Waals surface area contributed by atoms with Crippen molar-refractivity contribution in [2.75, 3.05) is 23.3 Å². The molecule has 128 valence electrons. The van der Waals surface area contributed by atoms with E-state index >= 15 is 0 Å². The Balaban J connectivity index is 2.15. The van der Waals surface area contributed by atoms with Crippen molar-refractivity contribution in [3.63, 3.8) is 0 Å². The van der Waals surface area contributed by atoms with Gasteiger partial charge in [0.2, 0.25) is 0 Å². The fourth-order valence-corrected chi connectivity index (χ4v) is 2.44. The number of aromatic nitrogens is 2. The van der Waals surface area contributed by atoms with Gasteiger partial charge in [-0.25, -0.2) is 9.97 Å². The Morgan fingerprint density at radius 1 is 1.25 bits per heavy atom. The smallest absolute Gasteiger partial charge is 0.277 e. The van der Waals surface area contributed by atoms with E-state index in [0.717, 1.165) is 24.2 Å². The van der Waals surface area contributed by atoms with E-state index in [9.17, 15) is 4.79 Å². The van der Waals surface area contributed by atoms with Crippen molar-refractivity contribution in [3.8, 4) is 0 Å². The number of amides is 1. The van der Waals surface area contributed by atoms with Crippen molar-refractivity contribution >= 4 is 17.4 Å². The molecule has 0 aliphatic rings. The number of aryl methyl sites for hydroxylation is 1. The van der Waals surface area contributed by atoms with Crippen LogP contribution in [0.25, 0.3) is 0 Å². The molecule has 5 heteroatoms. The van der Waals surface area contributed by atoms with Gasteiger partial charge in [-0.3, -0.25) is 4.79 Å². The third kappa shape index (κ3) is 4.78. The van der Waals surface area contributed by atoms with Crippen LogP contribution in [0, 0.1) is 12.8 Å². The van der Waals surface area contributed by atoms with Crippen LogP contribution in [0.2, 0.25) is 0 Å². The molecule has 5 nitrogen and oxygen atoms in total.